The number of benzene rings is 1. The van der Waals surface area contributed by atoms with Crippen molar-refractivity contribution < 1.29 is 13.8 Å². The molecule has 0 spiro atoms. The van der Waals surface area contributed by atoms with Gasteiger partial charge in [-0.25, -0.2) is 0 Å². The molecule has 0 aliphatic carbocycles. The third-order valence-electron chi connectivity index (χ3n) is 10.00. The molecule has 0 saturated carbocycles. The van der Waals surface area contributed by atoms with Crippen molar-refractivity contribution >= 4 is 40.3 Å². The van der Waals surface area contributed by atoms with Gasteiger partial charge >= 0.3 is 13.4 Å². The Balaban J connectivity index is 1.68. The van der Waals surface area contributed by atoms with Gasteiger partial charge in [-0.2, -0.15) is 0 Å². The number of unbranched alkanes of at least 4 members (excludes halogenated alkanes) is 10. The van der Waals surface area contributed by atoms with E-state index in [9.17, 15) is 0 Å². The van der Waals surface area contributed by atoms with Crippen LogP contribution in [0.5, 0.6) is 0 Å². The van der Waals surface area contributed by atoms with Gasteiger partial charge in [-0.05, 0) is 33.8 Å². The minimum atomic E-state index is -0.922. The van der Waals surface area contributed by atoms with Gasteiger partial charge in [-0.15, -0.1) is 18.1 Å². The number of hydrogen-bond donors (Lipinski definition) is 0. The maximum absolute atomic E-state index is 6.51. The monoisotopic (exact) mass is 595 g/mol. The summed E-state index contributed by atoms with van der Waals surface area (Å²) < 4.78 is 16.9. The summed E-state index contributed by atoms with van der Waals surface area (Å²) in [6, 6.07) is 11.6. The minimum absolute atomic E-state index is 0.333. The van der Waals surface area contributed by atoms with Crippen LogP contribution in [0, 0.1) is 0 Å². The van der Waals surface area contributed by atoms with Crippen molar-refractivity contribution in [3.05, 3.63) is 41.0 Å². The van der Waals surface area contributed by atoms with Crippen molar-refractivity contribution in [3.63, 3.8) is 0 Å². The largest absolute Gasteiger partial charge is 0.500 e. The van der Waals surface area contributed by atoms with Crippen LogP contribution >= 0.6 is 15.9 Å². The quantitative estimate of drug-likeness (QED) is 0.152. The highest BCUT2D eigenvalue weighted by Crippen LogP contribution is 2.37. The zero-order valence-electron chi connectivity index (χ0n) is 25.7. The van der Waals surface area contributed by atoms with Crippen LogP contribution in [0.15, 0.2) is 41.0 Å². The molecule has 0 bridgehead atoms. The summed E-state index contributed by atoms with van der Waals surface area (Å²) in [4.78, 5) is 0. The van der Waals surface area contributed by atoms with Crippen molar-refractivity contribution in [1.82, 2.24) is 0 Å². The van der Waals surface area contributed by atoms with Crippen LogP contribution in [0.2, 0.25) is 12.6 Å². The molecular weight excluding hydrogens is 544 g/mol. The molecule has 0 atom stereocenters. The van der Waals surface area contributed by atoms with Crippen molar-refractivity contribution in [2.75, 3.05) is 0 Å². The molecule has 0 N–H and O–H groups in total. The lowest BCUT2D eigenvalue weighted by Crippen LogP contribution is -2.69. The summed E-state index contributed by atoms with van der Waals surface area (Å²) in [5.74, 6) is 0. The number of fused-ring (bicyclic) bond motifs is 3. The van der Waals surface area contributed by atoms with E-state index in [1.807, 2.05) is 0 Å². The number of nitrogens with zero attached hydrogens (tertiary/aromatic N) is 1. The Labute approximate surface area is 248 Å². The van der Waals surface area contributed by atoms with E-state index in [2.05, 4.69) is 98.5 Å². The van der Waals surface area contributed by atoms with Gasteiger partial charge in [0.15, 0.2) is 5.69 Å². The first-order chi connectivity index (χ1) is 18.6. The molecule has 4 rings (SSSR count). The summed E-state index contributed by atoms with van der Waals surface area (Å²) in [6.07, 6.45) is 20.0. The summed E-state index contributed by atoms with van der Waals surface area (Å²) in [5.41, 5.74) is 4.78. The van der Waals surface area contributed by atoms with Gasteiger partial charge in [0.05, 0.1) is 11.2 Å². The fraction of sp³-hybridized carbons (Fsp3) is 0.667. The fourth-order valence-electron chi connectivity index (χ4n) is 6.91. The minimum Gasteiger partial charge on any atom is -0.416 e. The average Bonchev–Trinajstić information content (AvgIpc) is 3.29. The van der Waals surface area contributed by atoms with Crippen molar-refractivity contribution in [2.24, 2.45) is 0 Å². The Hall–Kier alpha value is -1.10. The first kappa shape index (κ1) is 30.8. The average molecular weight is 596 g/mol. The van der Waals surface area contributed by atoms with Crippen LogP contribution in [-0.2, 0) is 9.31 Å². The summed E-state index contributed by atoms with van der Waals surface area (Å²) in [5, 5.41) is 0. The molecule has 3 nitrogen and oxygen atoms in total. The third-order valence-corrected chi connectivity index (χ3v) is 10.5. The molecule has 0 unspecified atom stereocenters. The Kier molecular flexibility index (Phi) is 10.5. The van der Waals surface area contributed by atoms with Crippen LogP contribution in [0.3, 0.4) is 0 Å². The zero-order valence-corrected chi connectivity index (χ0v) is 27.2. The molecule has 1 saturated heterocycles. The van der Waals surface area contributed by atoms with Crippen LogP contribution in [0.1, 0.15) is 119 Å². The second kappa shape index (κ2) is 13.3. The van der Waals surface area contributed by atoms with Crippen LogP contribution < -0.4 is 15.4 Å². The van der Waals surface area contributed by atoms with E-state index in [0.29, 0.717) is 0 Å². The highest BCUT2D eigenvalue weighted by Gasteiger charge is 2.53. The molecule has 1 aromatic carbocycles. The van der Waals surface area contributed by atoms with Crippen LogP contribution in [0.25, 0.3) is 11.3 Å². The first-order valence-corrected chi connectivity index (χ1v) is 16.8. The van der Waals surface area contributed by atoms with Gasteiger partial charge in [0.1, 0.15) is 6.20 Å². The number of halogens is 1. The molecule has 6 heteroatoms. The Bertz CT molecular complexity index is 1070. The summed E-state index contributed by atoms with van der Waals surface area (Å²) >= 11 is 3.84. The molecule has 39 heavy (non-hydrogen) atoms. The molecule has 0 radical (unpaired) electrons. The van der Waals surface area contributed by atoms with E-state index in [-0.39, 0.29) is 18.3 Å². The van der Waals surface area contributed by atoms with Crippen molar-refractivity contribution in [1.29, 1.82) is 0 Å². The molecule has 1 aromatic heterocycles. The van der Waals surface area contributed by atoms with Gasteiger partial charge in [0, 0.05) is 21.6 Å². The summed E-state index contributed by atoms with van der Waals surface area (Å²) in [6.45, 7) is 13.2. The van der Waals surface area contributed by atoms with Gasteiger partial charge in [-0.3, -0.25) is 0 Å². The molecule has 2 aromatic rings. The fourth-order valence-corrected chi connectivity index (χ4v) is 7.29. The van der Waals surface area contributed by atoms with Crippen molar-refractivity contribution in [2.45, 2.75) is 142 Å². The van der Waals surface area contributed by atoms with Crippen molar-refractivity contribution in [3.8, 4) is 11.3 Å². The van der Waals surface area contributed by atoms with Crippen LogP contribution in [0.4, 0.5) is 0 Å². The zero-order chi connectivity index (χ0) is 28.1. The molecule has 1 fully saturated rings. The van der Waals surface area contributed by atoms with Gasteiger partial charge in [0.25, 0.3) is 0 Å². The van der Waals surface area contributed by atoms with E-state index in [4.69, 9.17) is 9.31 Å². The predicted molar refractivity (Wildman–Crippen MR) is 173 cm³/mol. The number of rotatable bonds is 15. The maximum atomic E-state index is 6.51. The normalized spacial score (nSPS) is 18.4. The number of pyridine rings is 1. The molecule has 214 valence electrons. The Morgan fingerprint density at radius 2 is 1.28 bits per heavy atom. The van der Waals surface area contributed by atoms with E-state index < -0.39 is 6.28 Å². The van der Waals surface area contributed by atoms with E-state index in [1.54, 1.807) is 5.46 Å². The molecular formula is C33H52B2BrNO2. The third kappa shape index (κ3) is 6.70. The molecule has 0 amide bonds. The molecule has 2 aliphatic heterocycles. The SMILES string of the molecule is CCCCCCCC[B-]1(CCCCCCCC)c2cc(Br)ccc2-c2ccc(B3OC(C)(C)C(C)(C)O3)c[n+]21. The van der Waals surface area contributed by atoms with Gasteiger partial charge in [-0.1, -0.05) is 125 Å². The lowest BCUT2D eigenvalue weighted by atomic mass is 9.27. The molecule has 2 aliphatic rings. The second-order valence-corrected chi connectivity index (χ2v) is 14.3. The Morgan fingerprint density at radius 1 is 0.744 bits per heavy atom. The number of aromatic nitrogens is 1. The Morgan fingerprint density at radius 3 is 1.85 bits per heavy atom. The smallest absolute Gasteiger partial charge is 0.416 e. The van der Waals surface area contributed by atoms with E-state index in [1.165, 1.54) is 105 Å². The second-order valence-electron chi connectivity index (χ2n) is 13.4. The van der Waals surface area contributed by atoms with Gasteiger partial charge in [0.2, 0.25) is 0 Å². The lowest BCUT2D eigenvalue weighted by Gasteiger charge is -2.32. The summed E-state index contributed by atoms with van der Waals surface area (Å²) in [7, 11) is -0.333. The number of hydrogen-bond acceptors (Lipinski definition) is 2. The van der Waals surface area contributed by atoms with E-state index in [0.717, 1.165) is 5.46 Å². The van der Waals surface area contributed by atoms with Crippen LogP contribution in [-0.4, -0.2) is 24.6 Å². The standard InChI is InChI=1S/C33H52B2BrNO2/c1-7-9-11-13-15-17-23-35(24-18-16-14-12-10-8-2)30-25-28(36)20-21-29(30)31-22-19-27(26-37(31)35)34-38-32(3,4)33(5,6)39-34/h19-22,25-26H,7-18,23-24H2,1-6H3. The maximum Gasteiger partial charge on any atom is 0.500 e. The topological polar surface area (TPSA) is 22.3 Å². The predicted octanol–water partition coefficient (Wildman–Crippen LogP) is 8.44. The highest BCUT2D eigenvalue weighted by atomic mass is 79.9. The van der Waals surface area contributed by atoms with E-state index >= 15 is 0 Å². The molecule has 3 heterocycles. The van der Waals surface area contributed by atoms with Gasteiger partial charge < -0.3 is 13.8 Å². The first-order valence-electron chi connectivity index (χ1n) is 16.1. The lowest BCUT2D eigenvalue weighted by molar-refractivity contribution is -0.529. The highest BCUT2D eigenvalue weighted by molar-refractivity contribution is 9.10.